The minimum absolute atomic E-state index is 0.225. The number of rotatable bonds is 4. The van der Waals surface area contributed by atoms with Gasteiger partial charge in [-0.25, -0.2) is 8.42 Å². The van der Waals surface area contributed by atoms with E-state index < -0.39 is 10.0 Å². The molecule has 0 saturated heterocycles. The number of hydrogen-bond acceptors (Lipinski definition) is 3. The molecule has 0 bridgehead atoms. The molecule has 2 rings (SSSR count). The number of benzene rings is 1. The van der Waals surface area contributed by atoms with Crippen molar-refractivity contribution in [3.05, 3.63) is 53.5 Å². The summed E-state index contributed by atoms with van der Waals surface area (Å²) < 4.78 is 31.4. The molecule has 0 radical (unpaired) electrons. The van der Waals surface area contributed by atoms with Gasteiger partial charge in [-0.1, -0.05) is 17.7 Å². The molecule has 0 aliphatic heterocycles. The summed E-state index contributed by atoms with van der Waals surface area (Å²) in [6.45, 7) is 3.97. The van der Waals surface area contributed by atoms with Crippen molar-refractivity contribution in [3.63, 3.8) is 0 Å². The summed E-state index contributed by atoms with van der Waals surface area (Å²) in [5.74, 6) is 0.621. The van der Waals surface area contributed by atoms with E-state index in [4.69, 9.17) is 4.42 Å². The fraction of sp³-hybridized carbons (Fsp3) is 0.286. The summed E-state index contributed by atoms with van der Waals surface area (Å²) >= 11 is 0. The van der Waals surface area contributed by atoms with Gasteiger partial charge >= 0.3 is 0 Å². The third kappa shape index (κ3) is 2.88. The summed E-state index contributed by atoms with van der Waals surface area (Å²) in [6.07, 6.45) is 1.53. The van der Waals surface area contributed by atoms with E-state index in [9.17, 15) is 8.42 Å². The van der Waals surface area contributed by atoms with Crippen molar-refractivity contribution in [3.8, 4) is 0 Å². The van der Waals surface area contributed by atoms with Crippen LogP contribution in [0.15, 0.2) is 45.9 Å². The maximum absolute atomic E-state index is 12.5. The van der Waals surface area contributed by atoms with Crippen molar-refractivity contribution in [2.45, 2.75) is 25.3 Å². The van der Waals surface area contributed by atoms with Crippen LogP contribution in [-0.4, -0.2) is 19.8 Å². The van der Waals surface area contributed by atoms with E-state index in [1.54, 1.807) is 38.2 Å². The predicted molar refractivity (Wildman–Crippen MR) is 73.3 cm³/mol. The largest absolute Gasteiger partial charge is 0.468 e. The highest BCUT2D eigenvalue weighted by Crippen LogP contribution is 2.21. The zero-order chi connectivity index (χ0) is 14.0. The molecule has 5 heteroatoms. The molecule has 0 fully saturated rings. The summed E-state index contributed by atoms with van der Waals surface area (Å²) in [4.78, 5) is 0.340. The molecule has 19 heavy (non-hydrogen) atoms. The molecule has 0 aliphatic rings. The van der Waals surface area contributed by atoms with Gasteiger partial charge in [0.15, 0.2) is 0 Å². The average Bonchev–Trinajstić information content (AvgIpc) is 2.81. The van der Waals surface area contributed by atoms with Crippen LogP contribution < -0.4 is 0 Å². The molecule has 1 heterocycles. The molecule has 0 N–H and O–H groups in total. The number of sulfonamides is 1. The summed E-state index contributed by atoms with van der Waals surface area (Å²) in [5.41, 5.74) is 1.80. The minimum Gasteiger partial charge on any atom is -0.468 e. The highest BCUT2D eigenvalue weighted by atomic mass is 32.2. The van der Waals surface area contributed by atoms with Gasteiger partial charge in [0.25, 0.3) is 0 Å². The number of nitrogens with zero attached hydrogens (tertiary/aromatic N) is 1. The standard InChI is InChI=1S/C14H17NO3S/c1-11-6-7-14(12(2)9-11)19(16,17)15(3)10-13-5-4-8-18-13/h4-9H,10H2,1-3H3. The topological polar surface area (TPSA) is 50.5 Å². The van der Waals surface area contributed by atoms with E-state index in [1.165, 1.54) is 10.6 Å². The Balaban J connectivity index is 2.31. The second kappa shape index (κ2) is 5.19. The molecule has 1 aromatic heterocycles. The predicted octanol–water partition coefficient (Wildman–Crippen LogP) is 2.72. The van der Waals surface area contributed by atoms with Crippen molar-refractivity contribution in [1.29, 1.82) is 0 Å². The normalized spacial score (nSPS) is 12.0. The zero-order valence-electron chi connectivity index (χ0n) is 11.3. The van der Waals surface area contributed by atoms with Gasteiger partial charge in [-0.15, -0.1) is 0 Å². The molecule has 2 aromatic rings. The quantitative estimate of drug-likeness (QED) is 0.864. The first-order chi connectivity index (χ1) is 8.91. The molecule has 102 valence electrons. The first kappa shape index (κ1) is 13.8. The fourth-order valence-electron chi connectivity index (χ4n) is 1.96. The van der Waals surface area contributed by atoms with Crippen LogP contribution >= 0.6 is 0 Å². The van der Waals surface area contributed by atoms with Gasteiger partial charge in [0.2, 0.25) is 10.0 Å². The van der Waals surface area contributed by atoms with Crippen LogP contribution in [0.4, 0.5) is 0 Å². The maximum Gasteiger partial charge on any atom is 0.243 e. The van der Waals surface area contributed by atoms with Crippen LogP contribution in [0.1, 0.15) is 16.9 Å². The highest BCUT2D eigenvalue weighted by molar-refractivity contribution is 7.89. The molecular formula is C14H17NO3S. The van der Waals surface area contributed by atoms with Crippen molar-refractivity contribution >= 4 is 10.0 Å². The molecular weight excluding hydrogens is 262 g/mol. The molecule has 4 nitrogen and oxygen atoms in total. The van der Waals surface area contributed by atoms with E-state index in [0.717, 1.165) is 11.1 Å². The molecule has 0 unspecified atom stereocenters. The smallest absolute Gasteiger partial charge is 0.243 e. The van der Waals surface area contributed by atoms with Crippen molar-refractivity contribution in [2.24, 2.45) is 0 Å². The van der Waals surface area contributed by atoms with Crippen molar-refractivity contribution in [2.75, 3.05) is 7.05 Å². The first-order valence-electron chi connectivity index (χ1n) is 5.97. The van der Waals surface area contributed by atoms with Crippen molar-refractivity contribution in [1.82, 2.24) is 4.31 Å². The van der Waals surface area contributed by atoms with Gasteiger partial charge in [0.05, 0.1) is 17.7 Å². The molecule has 0 aliphatic carbocycles. The number of aryl methyl sites for hydroxylation is 2. The van der Waals surface area contributed by atoms with Gasteiger partial charge in [-0.3, -0.25) is 0 Å². The molecule has 0 saturated carbocycles. The van der Waals surface area contributed by atoms with Gasteiger partial charge in [0.1, 0.15) is 5.76 Å². The Labute approximate surface area is 113 Å². The van der Waals surface area contributed by atoms with E-state index in [0.29, 0.717) is 10.7 Å². The fourth-order valence-corrected chi connectivity index (χ4v) is 3.30. The van der Waals surface area contributed by atoms with Gasteiger partial charge in [0, 0.05) is 7.05 Å². The number of furan rings is 1. The van der Waals surface area contributed by atoms with Crippen LogP contribution in [0, 0.1) is 13.8 Å². The Morgan fingerprint density at radius 1 is 1.21 bits per heavy atom. The molecule has 1 aromatic carbocycles. The third-order valence-electron chi connectivity index (χ3n) is 2.98. The molecule has 0 spiro atoms. The van der Waals surface area contributed by atoms with Crippen LogP contribution in [0.3, 0.4) is 0 Å². The Morgan fingerprint density at radius 3 is 2.53 bits per heavy atom. The Kier molecular flexibility index (Phi) is 3.78. The lowest BCUT2D eigenvalue weighted by atomic mass is 10.2. The average molecular weight is 279 g/mol. The maximum atomic E-state index is 12.5. The third-order valence-corrected chi connectivity index (χ3v) is 4.94. The van der Waals surface area contributed by atoms with Crippen LogP contribution in [0.2, 0.25) is 0 Å². The van der Waals surface area contributed by atoms with Gasteiger partial charge < -0.3 is 4.42 Å². The Morgan fingerprint density at radius 2 is 1.95 bits per heavy atom. The molecule has 0 amide bonds. The summed E-state index contributed by atoms with van der Waals surface area (Å²) in [6, 6.07) is 8.83. The van der Waals surface area contributed by atoms with E-state index in [-0.39, 0.29) is 6.54 Å². The Bertz CT molecular complexity index is 660. The van der Waals surface area contributed by atoms with Crippen LogP contribution in [0.25, 0.3) is 0 Å². The van der Waals surface area contributed by atoms with Gasteiger partial charge in [-0.2, -0.15) is 4.31 Å². The lowest BCUT2D eigenvalue weighted by Crippen LogP contribution is -2.27. The van der Waals surface area contributed by atoms with Crippen LogP contribution in [0.5, 0.6) is 0 Å². The second-order valence-corrected chi connectivity index (χ2v) is 6.62. The summed E-state index contributed by atoms with van der Waals surface area (Å²) in [7, 11) is -1.94. The zero-order valence-corrected chi connectivity index (χ0v) is 12.1. The monoisotopic (exact) mass is 279 g/mol. The second-order valence-electron chi connectivity index (χ2n) is 4.61. The lowest BCUT2D eigenvalue weighted by molar-refractivity contribution is 0.406. The van der Waals surface area contributed by atoms with Crippen LogP contribution in [-0.2, 0) is 16.6 Å². The first-order valence-corrected chi connectivity index (χ1v) is 7.41. The summed E-state index contributed by atoms with van der Waals surface area (Å²) in [5, 5.41) is 0. The van der Waals surface area contributed by atoms with Gasteiger partial charge in [-0.05, 0) is 37.6 Å². The van der Waals surface area contributed by atoms with Crippen molar-refractivity contribution < 1.29 is 12.8 Å². The van der Waals surface area contributed by atoms with E-state index in [1.807, 2.05) is 13.0 Å². The SMILES string of the molecule is Cc1ccc(S(=O)(=O)N(C)Cc2ccco2)c(C)c1. The number of hydrogen-bond donors (Lipinski definition) is 0. The highest BCUT2D eigenvalue weighted by Gasteiger charge is 2.23. The van der Waals surface area contributed by atoms with E-state index in [2.05, 4.69) is 0 Å². The van der Waals surface area contributed by atoms with E-state index >= 15 is 0 Å². The Hall–Kier alpha value is -1.59. The molecule has 0 atom stereocenters. The minimum atomic E-state index is -3.49. The lowest BCUT2D eigenvalue weighted by Gasteiger charge is -2.17.